The van der Waals surface area contributed by atoms with E-state index in [0.29, 0.717) is 26.1 Å². The molecule has 5 rings (SSSR count). The number of sulfonamides is 1. The fourth-order valence-electron chi connectivity index (χ4n) is 4.91. The molecule has 1 spiro atoms. The number of hydrogen-bond acceptors (Lipinski definition) is 5. The Labute approximate surface area is 159 Å². The van der Waals surface area contributed by atoms with Crippen molar-refractivity contribution in [3.8, 4) is 0 Å². The minimum absolute atomic E-state index is 0.00549. The van der Waals surface area contributed by atoms with Gasteiger partial charge in [0.05, 0.1) is 12.3 Å². The van der Waals surface area contributed by atoms with E-state index in [1.807, 2.05) is 49.8 Å². The molecular formula is C19H24N4O3S. The topological polar surface area (TPSA) is 67.7 Å². The molecule has 27 heavy (non-hydrogen) atoms. The molecule has 0 unspecified atom stereocenters. The summed E-state index contributed by atoms with van der Waals surface area (Å²) in [6.45, 7) is 3.06. The third-order valence-corrected chi connectivity index (χ3v) is 8.27. The number of rotatable bonds is 4. The summed E-state index contributed by atoms with van der Waals surface area (Å²) in [7, 11) is -1.44. The summed E-state index contributed by atoms with van der Waals surface area (Å²) in [6, 6.07) is 9.78. The predicted molar refractivity (Wildman–Crippen MR) is 100 cm³/mol. The number of likely N-dealkylation sites (tertiary alicyclic amines) is 1. The highest BCUT2D eigenvalue weighted by Crippen LogP contribution is 2.47. The summed E-state index contributed by atoms with van der Waals surface area (Å²) in [5, 5.41) is 3.80. The first-order valence-corrected chi connectivity index (χ1v) is 10.9. The largest absolute Gasteiger partial charge is 0.366 e. The first kappa shape index (κ1) is 17.4. The van der Waals surface area contributed by atoms with Crippen molar-refractivity contribution in [1.82, 2.24) is 19.0 Å². The lowest BCUT2D eigenvalue weighted by molar-refractivity contribution is -0.110. The van der Waals surface area contributed by atoms with Crippen LogP contribution in [-0.4, -0.2) is 64.0 Å². The second-order valence-electron chi connectivity index (χ2n) is 8.02. The molecule has 0 radical (unpaired) electrons. The number of morpholine rings is 1. The van der Waals surface area contributed by atoms with Gasteiger partial charge >= 0.3 is 0 Å². The van der Waals surface area contributed by atoms with Crippen LogP contribution in [0.5, 0.6) is 0 Å². The standard InChI is InChI=1S/C19H24N4O3S/c1-21-9-16(8-20-21)10-22-12-17-7-18-19(13-22,26-17)14-23(27(18,24)25)11-15-5-3-2-4-6-15/h2-6,8-9,17-18H,7,10-14H2,1H3/t17-,18+,19+/m1/s1. The normalized spacial score (nSPS) is 32.6. The zero-order chi connectivity index (χ0) is 18.6. The average molecular weight is 388 g/mol. The van der Waals surface area contributed by atoms with E-state index in [0.717, 1.165) is 24.2 Å². The van der Waals surface area contributed by atoms with Gasteiger partial charge in [-0.3, -0.25) is 9.58 Å². The number of nitrogens with zero attached hydrogens (tertiary/aromatic N) is 4. The Morgan fingerprint density at radius 2 is 2.00 bits per heavy atom. The van der Waals surface area contributed by atoms with Crippen LogP contribution in [0.25, 0.3) is 0 Å². The highest BCUT2D eigenvalue weighted by molar-refractivity contribution is 7.90. The van der Waals surface area contributed by atoms with E-state index in [2.05, 4.69) is 10.00 Å². The SMILES string of the molecule is Cn1cc(CN2C[C@H]3C[C@H]4[C@](C2)(CN(Cc2ccccc2)S4(=O)=O)O3)cn1. The molecule has 7 nitrogen and oxygen atoms in total. The summed E-state index contributed by atoms with van der Waals surface area (Å²) in [6.07, 6.45) is 4.48. The van der Waals surface area contributed by atoms with Crippen molar-refractivity contribution in [2.24, 2.45) is 7.05 Å². The summed E-state index contributed by atoms with van der Waals surface area (Å²) < 4.78 is 36.1. The van der Waals surface area contributed by atoms with Gasteiger partial charge in [0.1, 0.15) is 10.9 Å². The number of aromatic nitrogens is 2. The van der Waals surface area contributed by atoms with Gasteiger partial charge in [0.2, 0.25) is 10.0 Å². The highest BCUT2D eigenvalue weighted by atomic mass is 32.2. The Morgan fingerprint density at radius 1 is 1.19 bits per heavy atom. The van der Waals surface area contributed by atoms with Gasteiger partial charge in [-0.2, -0.15) is 9.40 Å². The summed E-state index contributed by atoms with van der Waals surface area (Å²) >= 11 is 0. The van der Waals surface area contributed by atoms with Gasteiger partial charge in [0.15, 0.2) is 0 Å². The lowest BCUT2D eigenvalue weighted by Gasteiger charge is -2.39. The lowest BCUT2D eigenvalue weighted by Crippen LogP contribution is -2.54. The maximum Gasteiger partial charge on any atom is 0.220 e. The fourth-order valence-corrected chi connectivity index (χ4v) is 7.20. The quantitative estimate of drug-likeness (QED) is 0.781. The van der Waals surface area contributed by atoms with Crippen LogP contribution in [0.2, 0.25) is 0 Å². The molecular weight excluding hydrogens is 364 g/mol. The summed E-state index contributed by atoms with van der Waals surface area (Å²) in [4.78, 5) is 2.33. The second-order valence-corrected chi connectivity index (χ2v) is 10.1. The molecule has 8 heteroatoms. The van der Waals surface area contributed by atoms with Crippen LogP contribution in [0.4, 0.5) is 0 Å². The molecule has 3 atom stereocenters. The van der Waals surface area contributed by atoms with Crippen molar-refractivity contribution in [3.05, 3.63) is 53.9 Å². The van der Waals surface area contributed by atoms with Gasteiger partial charge in [-0.05, 0) is 12.0 Å². The molecule has 3 aliphatic heterocycles. The van der Waals surface area contributed by atoms with E-state index in [-0.39, 0.29) is 6.10 Å². The zero-order valence-electron chi connectivity index (χ0n) is 15.4. The molecule has 3 saturated heterocycles. The van der Waals surface area contributed by atoms with E-state index in [4.69, 9.17) is 4.74 Å². The van der Waals surface area contributed by atoms with Crippen molar-refractivity contribution in [2.45, 2.75) is 36.5 Å². The van der Waals surface area contributed by atoms with Crippen LogP contribution in [-0.2, 0) is 34.9 Å². The predicted octanol–water partition coefficient (Wildman–Crippen LogP) is 0.978. The Bertz CT molecular complexity index is 945. The number of benzene rings is 1. The van der Waals surface area contributed by atoms with Crippen LogP contribution in [0.15, 0.2) is 42.7 Å². The van der Waals surface area contributed by atoms with Crippen LogP contribution in [0.1, 0.15) is 17.5 Å². The van der Waals surface area contributed by atoms with Gasteiger partial charge in [0, 0.05) is 51.5 Å². The molecule has 0 aliphatic carbocycles. The molecule has 0 N–H and O–H groups in total. The van der Waals surface area contributed by atoms with Gasteiger partial charge in [-0.15, -0.1) is 0 Å². The molecule has 0 amide bonds. The average Bonchev–Trinajstić information content (AvgIpc) is 3.20. The van der Waals surface area contributed by atoms with Gasteiger partial charge in [-0.1, -0.05) is 30.3 Å². The van der Waals surface area contributed by atoms with Crippen molar-refractivity contribution in [1.29, 1.82) is 0 Å². The minimum atomic E-state index is -3.35. The molecule has 4 heterocycles. The molecule has 2 aromatic rings. The van der Waals surface area contributed by atoms with Crippen LogP contribution >= 0.6 is 0 Å². The third-order valence-electron chi connectivity index (χ3n) is 5.95. The van der Waals surface area contributed by atoms with Gasteiger partial charge in [-0.25, -0.2) is 8.42 Å². The lowest BCUT2D eigenvalue weighted by atomic mass is 9.99. The van der Waals surface area contributed by atoms with Gasteiger partial charge < -0.3 is 4.74 Å². The molecule has 144 valence electrons. The number of hydrogen-bond donors (Lipinski definition) is 0. The smallest absolute Gasteiger partial charge is 0.220 e. The summed E-state index contributed by atoms with van der Waals surface area (Å²) in [5.74, 6) is 0. The van der Waals surface area contributed by atoms with Crippen molar-refractivity contribution >= 4 is 10.0 Å². The second kappa shape index (κ2) is 6.13. The Kier molecular flexibility index (Phi) is 3.94. The fraction of sp³-hybridized carbons (Fsp3) is 0.526. The molecule has 1 aromatic heterocycles. The number of ether oxygens (including phenoxy) is 1. The highest BCUT2D eigenvalue weighted by Gasteiger charge is 2.64. The number of aryl methyl sites for hydroxylation is 1. The Hall–Kier alpha value is -1.74. The number of fused-ring (bicyclic) bond motifs is 1. The molecule has 3 aliphatic rings. The van der Waals surface area contributed by atoms with Gasteiger partial charge in [0.25, 0.3) is 0 Å². The van der Waals surface area contributed by atoms with Crippen LogP contribution in [0.3, 0.4) is 0 Å². The van der Waals surface area contributed by atoms with E-state index >= 15 is 0 Å². The van der Waals surface area contributed by atoms with Crippen LogP contribution in [0, 0.1) is 0 Å². The van der Waals surface area contributed by atoms with E-state index in [1.165, 1.54) is 0 Å². The maximum absolute atomic E-state index is 13.2. The Morgan fingerprint density at radius 3 is 2.74 bits per heavy atom. The minimum Gasteiger partial charge on any atom is -0.366 e. The van der Waals surface area contributed by atoms with Crippen molar-refractivity contribution in [3.63, 3.8) is 0 Å². The third kappa shape index (κ3) is 2.91. The van der Waals surface area contributed by atoms with Crippen LogP contribution < -0.4 is 0 Å². The maximum atomic E-state index is 13.2. The molecule has 3 fully saturated rings. The first-order valence-electron chi connectivity index (χ1n) is 9.35. The van der Waals surface area contributed by atoms with Crippen molar-refractivity contribution in [2.75, 3.05) is 19.6 Å². The van der Waals surface area contributed by atoms with Crippen molar-refractivity contribution < 1.29 is 13.2 Å². The van der Waals surface area contributed by atoms with E-state index in [1.54, 1.807) is 8.99 Å². The summed E-state index contributed by atoms with van der Waals surface area (Å²) in [5.41, 5.74) is 1.55. The van der Waals surface area contributed by atoms with E-state index in [9.17, 15) is 8.42 Å². The molecule has 1 aromatic carbocycles. The monoisotopic (exact) mass is 388 g/mol. The first-order chi connectivity index (χ1) is 12.9. The van der Waals surface area contributed by atoms with E-state index < -0.39 is 20.9 Å². The Balaban J connectivity index is 1.38. The molecule has 0 saturated carbocycles. The molecule has 2 bridgehead atoms. The zero-order valence-corrected chi connectivity index (χ0v) is 16.2.